The molecule has 2 N–H and O–H groups in total. The number of hydrogen-bond donors (Lipinski definition) is 2. The van der Waals surface area contributed by atoms with Crippen LogP contribution in [0.25, 0.3) is 0 Å². The van der Waals surface area contributed by atoms with Crippen LogP contribution in [0.2, 0.25) is 0 Å². The van der Waals surface area contributed by atoms with Crippen molar-refractivity contribution < 1.29 is 9.59 Å². The second-order valence-electron chi connectivity index (χ2n) is 7.38. The molecule has 1 aromatic carbocycles. The van der Waals surface area contributed by atoms with Crippen molar-refractivity contribution >= 4 is 39.1 Å². The summed E-state index contributed by atoms with van der Waals surface area (Å²) in [4.78, 5) is 28.0. The lowest BCUT2D eigenvalue weighted by atomic mass is 10.1. The van der Waals surface area contributed by atoms with Gasteiger partial charge in [-0.2, -0.15) is 0 Å². The summed E-state index contributed by atoms with van der Waals surface area (Å²) in [6.45, 7) is 6.78. The number of carbonyl (C=O) groups excluding carboxylic acids is 2. The minimum absolute atomic E-state index is 0.188. The number of amides is 2. The monoisotopic (exact) mass is 460 g/mol. The molecular formula is C22H29BrN4O2. The molecule has 2 heterocycles. The zero-order valence-corrected chi connectivity index (χ0v) is 18.7. The zero-order valence-electron chi connectivity index (χ0n) is 17.1. The van der Waals surface area contributed by atoms with Crippen molar-refractivity contribution in [1.29, 1.82) is 0 Å². The molecule has 3 rings (SSSR count). The molecule has 1 unspecified atom stereocenters. The Morgan fingerprint density at radius 2 is 1.93 bits per heavy atom. The molecule has 0 aliphatic carbocycles. The van der Waals surface area contributed by atoms with Gasteiger partial charge in [0.15, 0.2) is 0 Å². The standard InChI is InChI=1S/C22H29BrN4O2/c1-3-8-19(25-22(29)20-13-16(23)15-26(20)4-2)21(28)24-17-9-7-10-18(14-17)27-11-5-6-12-27/h7,9-10,13-15,19H,3-6,8,11-12H2,1-2H3,(H,24,28)(H,25,29). The Morgan fingerprint density at radius 3 is 2.62 bits per heavy atom. The van der Waals surface area contributed by atoms with Crippen molar-refractivity contribution in [3.8, 4) is 0 Å². The summed E-state index contributed by atoms with van der Waals surface area (Å²) in [6, 6.07) is 9.13. The molecule has 1 fully saturated rings. The van der Waals surface area contributed by atoms with Gasteiger partial charge >= 0.3 is 0 Å². The lowest BCUT2D eigenvalue weighted by Crippen LogP contribution is -2.44. The second kappa shape index (κ2) is 9.96. The second-order valence-corrected chi connectivity index (χ2v) is 8.29. The molecule has 7 heteroatoms. The van der Waals surface area contributed by atoms with Gasteiger partial charge in [-0.3, -0.25) is 9.59 Å². The summed E-state index contributed by atoms with van der Waals surface area (Å²) >= 11 is 3.41. The third-order valence-corrected chi connectivity index (χ3v) is 5.65. The van der Waals surface area contributed by atoms with Crippen molar-refractivity contribution in [2.45, 2.75) is 52.1 Å². The summed E-state index contributed by atoms with van der Waals surface area (Å²) in [7, 11) is 0. The van der Waals surface area contributed by atoms with E-state index in [4.69, 9.17) is 0 Å². The quantitative estimate of drug-likeness (QED) is 0.612. The maximum absolute atomic E-state index is 12.9. The van der Waals surface area contributed by atoms with E-state index in [1.54, 1.807) is 6.07 Å². The van der Waals surface area contributed by atoms with Gasteiger partial charge in [0.1, 0.15) is 11.7 Å². The highest BCUT2D eigenvalue weighted by Crippen LogP contribution is 2.23. The summed E-state index contributed by atoms with van der Waals surface area (Å²) in [5.41, 5.74) is 2.43. The number of anilines is 2. The fraction of sp³-hybridized carbons (Fsp3) is 0.455. The van der Waals surface area contributed by atoms with Crippen molar-refractivity contribution in [2.24, 2.45) is 0 Å². The highest BCUT2D eigenvalue weighted by Gasteiger charge is 2.23. The van der Waals surface area contributed by atoms with Crippen molar-refractivity contribution in [3.63, 3.8) is 0 Å². The predicted octanol–water partition coefficient (Wildman–Crippen LogP) is 4.41. The van der Waals surface area contributed by atoms with Crippen LogP contribution in [0.15, 0.2) is 41.0 Å². The number of benzene rings is 1. The van der Waals surface area contributed by atoms with Crippen LogP contribution in [-0.4, -0.2) is 35.5 Å². The Kier molecular flexibility index (Phi) is 7.36. The highest BCUT2D eigenvalue weighted by molar-refractivity contribution is 9.10. The topological polar surface area (TPSA) is 66.4 Å². The first-order valence-corrected chi connectivity index (χ1v) is 11.1. The highest BCUT2D eigenvalue weighted by atomic mass is 79.9. The molecule has 1 aliphatic rings. The number of nitrogens with zero attached hydrogens (tertiary/aromatic N) is 2. The summed E-state index contributed by atoms with van der Waals surface area (Å²) < 4.78 is 2.71. The number of aryl methyl sites for hydroxylation is 1. The van der Waals surface area contributed by atoms with Gasteiger partial charge < -0.3 is 20.1 Å². The molecule has 0 spiro atoms. The number of rotatable bonds is 8. The summed E-state index contributed by atoms with van der Waals surface area (Å²) in [6.07, 6.45) is 5.66. The van der Waals surface area contributed by atoms with E-state index in [0.717, 1.165) is 35.4 Å². The maximum atomic E-state index is 12.9. The van der Waals surface area contributed by atoms with Crippen molar-refractivity contribution in [3.05, 3.63) is 46.7 Å². The Morgan fingerprint density at radius 1 is 1.17 bits per heavy atom. The molecule has 0 radical (unpaired) electrons. The Bertz CT molecular complexity index is 858. The Hall–Kier alpha value is -2.28. The fourth-order valence-electron chi connectivity index (χ4n) is 3.70. The van der Waals surface area contributed by atoms with E-state index < -0.39 is 6.04 Å². The van der Waals surface area contributed by atoms with Gasteiger partial charge in [0.25, 0.3) is 5.91 Å². The van der Waals surface area contributed by atoms with Gasteiger partial charge in [0.2, 0.25) is 5.91 Å². The SMILES string of the molecule is CCCC(NC(=O)c1cc(Br)cn1CC)C(=O)Nc1cccc(N2CCCC2)c1. The third-order valence-electron chi connectivity index (χ3n) is 5.22. The molecule has 1 aliphatic heterocycles. The largest absolute Gasteiger partial charge is 0.371 e. The van der Waals surface area contributed by atoms with E-state index in [-0.39, 0.29) is 11.8 Å². The van der Waals surface area contributed by atoms with E-state index in [9.17, 15) is 9.59 Å². The fourth-order valence-corrected chi connectivity index (χ4v) is 4.17. The number of hydrogen-bond acceptors (Lipinski definition) is 3. The minimum Gasteiger partial charge on any atom is -0.371 e. The van der Waals surface area contributed by atoms with Crippen LogP contribution in [0.1, 0.15) is 50.0 Å². The molecular weight excluding hydrogens is 432 g/mol. The molecule has 0 bridgehead atoms. The van der Waals surface area contributed by atoms with E-state index in [1.165, 1.54) is 12.8 Å². The van der Waals surface area contributed by atoms with Gasteiger partial charge in [-0.05, 0) is 66.4 Å². The van der Waals surface area contributed by atoms with Gasteiger partial charge in [-0.1, -0.05) is 19.4 Å². The number of carbonyl (C=O) groups is 2. The van der Waals surface area contributed by atoms with E-state index >= 15 is 0 Å². The summed E-state index contributed by atoms with van der Waals surface area (Å²) in [5, 5.41) is 5.89. The Labute approximate surface area is 180 Å². The average Bonchev–Trinajstić information content (AvgIpc) is 3.37. The first-order valence-electron chi connectivity index (χ1n) is 10.3. The molecule has 1 atom stereocenters. The van der Waals surface area contributed by atoms with Crippen molar-refractivity contribution in [2.75, 3.05) is 23.3 Å². The Balaban J connectivity index is 1.69. The number of aromatic nitrogens is 1. The molecule has 2 aromatic rings. The van der Waals surface area contributed by atoms with Gasteiger partial charge in [-0.15, -0.1) is 0 Å². The predicted molar refractivity (Wildman–Crippen MR) is 120 cm³/mol. The molecule has 1 aromatic heterocycles. The van der Waals surface area contributed by atoms with Crippen LogP contribution in [-0.2, 0) is 11.3 Å². The van der Waals surface area contributed by atoms with E-state index in [2.05, 4.69) is 37.5 Å². The van der Waals surface area contributed by atoms with Gasteiger partial charge in [-0.25, -0.2) is 0 Å². The van der Waals surface area contributed by atoms with Crippen LogP contribution in [0.5, 0.6) is 0 Å². The molecule has 0 saturated carbocycles. The first kappa shape index (κ1) is 21.4. The molecule has 29 heavy (non-hydrogen) atoms. The van der Waals surface area contributed by atoms with E-state index in [0.29, 0.717) is 18.7 Å². The minimum atomic E-state index is -0.582. The lowest BCUT2D eigenvalue weighted by Gasteiger charge is -2.20. The molecule has 1 saturated heterocycles. The normalized spacial score (nSPS) is 14.7. The van der Waals surface area contributed by atoms with Gasteiger partial charge in [0, 0.05) is 41.7 Å². The first-order chi connectivity index (χ1) is 14.0. The molecule has 2 amide bonds. The van der Waals surface area contributed by atoms with Gasteiger partial charge in [0.05, 0.1) is 0 Å². The smallest absolute Gasteiger partial charge is 0.268 e. The van der Waals surface area contributed by atoms with Crippen LogP contribution >= 0.6 is 15.9 Å². The molecule has 6 nitrogen and oxygen atoms in total. The van der Waals surface area contributed by atoms with Crippen LogP contribution in [0, 0.1) is 0 Å². The maximum Gasteiger partial charge on any atom is 0.268 e. The third kappa shape index (κ3) is 5.41. The zero-order chi connectivity index (χ0) is 20.8. The lowest BCUT2D eigenvalue weighted by molar-refractivity contribution is -0.118. The van der Waals surface area contributed by atoms with E-state index in [1.807, 2.05) is 42.8 Å². The van der Waals surface area contributed by atoms with Crippen LogP contribution in [0.4, 0.5) is 11.4 Å². The summed E-state index contributed by atoms with van der Waals surface area (Å²) in [5.74, 6) is -0.426. The van der Waals surface area contributed by atoms with Crippen LogP contribution < -0.4 is 15.5 Å². The molecule has 156 valence electrons. The van der Waals surface area contributed by atoms with Crippen molar-refractivity contribution in [1.82, 2.24) is 9.88 Å². The number of halogens is 1. The average molecular weight is 461 g/mol. The number of nitrogens with one attached hydrogen (secondary N) is 2. The van der Waals surface area contributed by atoms with Crippen LogP contribution in [0.3, 0.4) is 0 Å².